The van der Waals surface area contributed by atoms with Crippen molar-refractivity contribution in [2.45, 2.75) is 17.3 Å². The summed E-state index contributed by atoms with van der Waals surface area (Å²) >= 11 is 2.85. The van der Waals surface area contributed by atoms with Crippen molar-refractivity contribution in [3.63, 3.8) is 0 Å². The number of tetrazole rings is 1. The maximum absolute atomic E-state index is 12.3. The van der Waals surface area contributed by atoms with E-state index in [4.69, 9.17) is 9.47 Å². The summed E-state index contributed by atoms with van der Waals surface area (Å²) in [6, 6.07) is 10.9. The summed E-state index contributed by atoms with van der Waals surface area (Å²) in [7, 11) is 3.15. The fourth-order valence-electron chi connectivity index (χ4n) is 2.83. The number of ether oxygens (including phenoxy) is 3. The van der Waals surface area contributed by atoms with Crippen LogP contribution in [0.5, 0.6) is 17.2 Å². The summed E-state index contributed by atoms with van der Waals surface area (Å²) in [5, 5.41) is 14.8. The first-order valence-electron chi connectivity index (χ1n) is 9.30. The molecule has 4 aromatic rings. The first-order chi connectivity index (χ1) is 15.9. The Bertz CT molecular complexity index is 1230. The molecule has 0 unspecified atom stereocenters. The van der Waals surface area contributed by atoms with Crippen LogP contribution in [-0.2, 0) is 5.75 Å². The SMILES string of the molecule is COc1ccc(-c2nc(CSc3nnnn3-c3ccc(OC(F)(F)F)cc3)cs2)cc1OC. The normalized spacial score (nSPS) is 11.4. The molecule has 0 aliphatic carbocycles. The quantitative estimate of drug-likeness (QED) is 0.316. The van der Waals surface area contributed by atoms with E-state index in [9.17, 15) is 13.2 Å². The number of hydrogen-bond acceptors (Lipinski definition) is 9. The Kier molecular flexibility index (Phi) is 6.70. The van der Waals surface area contributed by atoms with Crippen LogP contribution in [0.1, 0.15) is 5.69 Å². The van der Waals surface area contributed by atoms with Gasteiger partial charge in [-0.25, -0.2) is 4.98 Å². The fourth-order valence-corrected chi connectivity index (χ4v) is 4.54. The predicted octanol–water partition coefficient (Wildman–Crippen LogP) is 4.99. The van der Waals surface area contributed by atoms with Gasteiger partial charge in [-0.1, -0.05) is 11.8 Å². The number of methoxy groups -OCH3 is 2. The van der Waals surface area contributed by atoms with Crippen LogP contribution in [0.15, 0.2) is 53.0 Å². The second-order valence-corrected chi connectivity index (χ2v) is 8.22. The monoisotopic (exact) mass is 495 g/mol. The number of aromatic nitrogens is 5. The number of thioether (sulfide) groups is 1. The highest BCUT2D eigenvalue weighted by atomic mass is 32.2. The van der Waals surface area contributed by atoms with Crippen molar-refractivity contribution < 1.29 is 27.4 Å². The van der Waals surface area contributed by atoms with Gasteiger partial charge in [0.05, 0.1) is 25.6 Å². The number of nitrogens with zero attached hydrogens (tertiary/aromatic N) is 5. The molecule has 0 aliphatic heterocycles. The Morgan fingerprint density at radius 2 is 1.79 bits per heavy atom. The van der Waals surface area contributed by atoms with Gasteiger partial charge in [0.25, 0.3) is 0 Å². The van der Waals surface area contributed by atoms with E-state index >= 15 is 0 Å². The highest BCUT2D eigenvalue weighted by Crippen LogP contribution is 2.34. The molecule has 0 saturated carbocycles. The maximum atomic E-state index is 12.3. The van der Waals surface area contributed by atoms with E-state index in [-0.39, 0.29) is 5.75 Å². The van der Waals surface area contributed by atoms with Gasteiger partial charge in [-0.05, 0) is 52.9 Å². The van der Waals surface area contributed by atoms with E-state index < -0.39 is 6.36 Å². The smallest absolute Gasteiger partial charge is 0.493 e. The lowest BCUT2D eigenvalue weighted by molar-refractivity contribution is -0.274. The van der Waals surface area contributed by atoms with Crippen LogP contribution in [0.4, 0.5) is 13.2 Å². The molecule has 0 aliphatic rings. The zero-order valence-corrected chi connectivity index (χ0v) is 18.9. The van der Waals surface area contributed by atoms with Crippen LogP contribution in [0, 0.1) is 0 Å². The average molecular weight is 496 g/mol. The maximum Gasteiger partial charge on any atom is 0.573 e. The molecule has 0 bridgehead atoms. The van der Waals surface area contributed by atoms with Crippen LogP contribution >= 0.6 is 23.1 Å². The summed E-state index contributed by atoms with van der Waals surface area (Å²) in [6.45, 7) is 0. The largest absolute Gasteiger partial charge is 0.573 e. The molecular weight excluding hydrogens is 479 g/mol. The first kappa shape index (κ1) is 22.9. The van der Waals surface area contributed by atoms with Gasteiger partial charge in [0.15, 0.2) is 11.5 Å². The predicted molar refractivity (Wildman–Crippen MR) is 116 cm³/mol. The lowest BCUT2D eigenvalue weighted by Crippen LogP contribution is -2.17. The van der Waals surface area contributed by atoms with Gasteiger partial charge in [-0.3, -0.25) is 0 Å². The molecule has 0 radical (unpaired) electrons. The fraction of sp³-hybridized carbons (Fsp3) is 0.200. The van der Waals surface area contributed by atoms with Crippen LogP contribution in [-0.4, -0.2) is 45.8 Å². The van der Waals surface area contributed by atoms with Crippen LogP contribution in [0.3, 0.4) is 0 Å². The van der Waals surface area contributed by atoms with Gasteiger partial charge in [0.2, 0.25) is 5.16 Å². The Balaban J connectivity index is 1.45. The summed E-state index contributed by atoms with van der Waals surface area (Å²) in [5.74, 6) is 1.43. The van der Waals surface area contributed by atoms with Crippen molar-refractivity contribution in [2.75, 3.05) is 14.2 Å². The van der Waals surface area contributed by atoms with Crippen molar-refractivity contribution in [3.8, 4) is 33.5 Å². The lowest BCUT2D eigenvalue weighted by Gasteiger charge is -2.09. The Morgan fingerprint density at radius 1 is 1.03 bits per heavy atom. The van der Waals surface area contributed by atoms with Crippen molar-refractivity contribution in [1.29, 1.82) is 0 Å². The zero-order valence-electron chi connectivity index (χ0n) is 17.2. The average Bonchev–Trinajstić information content (AvgIpc) is 3.46. The number of rotatable bonds is 8. The third kappa shape index (κ3) is 5.54. The molecule has 172 valence electrons. The zero-order chi connectivity index (χ0) is 23.4. The topological polar surface area (TPSA) is 84.2 Å². The molecule has 33 heavy (non-hydrogen) atoms. The molecule has 2 aromatic heterocycles. The molecule has 0 saturated heterocycles. The molecule has 2 heterocycles. The summed E-state index contributed by atoms with van der Waals surface area (Å²) in [6.07, 6.45) is -4.75. The van der Waals surface area contributed by atoms with E-state index in [0.29, 0.717) is 28.1 Å². The van der Waals surface area contributed by atoms with Gasteiger partial charge in [0, 0.05) is 16.7 Å². The van der Waals surface area contributed by atoms with Gasteiger partial charge in [0.1, 0.15) is 10.8 Å². The second-order valence-electron chi connectivity index (χ2n) is 6.42. The molecule has 0 fully saturated rings. The summed E-state index contributed by atoms with van der Waals surface area (Å²) < 4.78 is 53.0. The van der Waals surface area contributed by atoms with Gasteiger partial charge < -0.3 is 14.2 Å². The minimum absolute atomic E-state index is 0.321. The standard InChI is InChI=1S/C20H16F3N5O3S2/c1-29-16-8-3-12(9-17(16)30-2)18-24-13(10-32-18)11-33-19-25-26-27-28(19)14-4-6-15(7-5-14)31-20(21,22)23/h3-10H,11H2,1-2H3. The molecule has 0 amide bonds. The van der Waals surface area contributed by atoms with Gasteiger partial charge >= 0.3 is 6.36 Å². The molecule has 4 rings (SSSR count). The molecule has 8 nitrogen and oxygen atoms in total. The summed E-state index contributed by atoms with van der Waals surface area (Å²) in [4.78, 5) is 4.66. The highest BCUT2D eigenvalue weighted by molar-refractivity contribution is 7.98. The van der Waals surface area contributed by atoms with Crippen LogP contribution < -0.4 is 14.2 Å². The van der Waals surface area contributed by atoms with Gasteiger partial charge in [-0.15, -0.1) is 29.6 Å². The third-order valence-electron chi connectivity index (χ3n) is 4.29. The Hall–Kier alpha value is -3.32. The minimum atomic E-state index is -4.75. The lowest BCUT2D eigenvalue weighted by atomic mass is 10.2. The molecule has 13 heteroatoms. The number of hydrogen-bond donors (Lipinski definition) is 0. The number of thiazole rings is 1. The number of benzene rings is 2. The molecule has 2 aromatic carbocycles. The molecular formula is C20H16F3N5O3S2. The van der Waals surface area contributed by atoms with Crippen LogP contribution in [0.25, 0.3) is 16.3 Å². The van der Waals surface area contributed by atoms with E-state index in [0.717, 1.165) is 16.3 Å². The van der Waals surface area contributed by atoms with E-state index in [2.05, 4.69) is 25.2 Å². The number of halogens is 3. The summed E-state index contributed by atoms with van der Waals surface area (Å²) in [5.41, 5.74) is 2.24. The molecule has 0 spiro atoms. The minimum Gasteiger partial charge on any atom is -0.493 e. The van der Waals surface area contributed by atoms with E-state index in [1.54, 1.807) is 14.2 Å². The van der Waals surface area contributed by atoms with E-state index in [1.807, 2.05) is 23.6 Å². The second kappa shape index (κ2) is 9.67. The van der Waals surface area contributed by atoms with Crippen molar-refractivity contribution in [2.24, 2.45) is 0 Å². The van der Waals surface area contributed by atoms with E-state index in [1.165, 1.54) is 52.0 Å². The first-order valence-corrected chi connectivity index (χ1v) is 11.2. The van der Waals surface area contributed by atoms with Crippen LogP contribution in [0.2, 0.25) is 0 Å². The van der Waals surface area contributed by atoms with Gasteiger partial charge in [-0.2, -0.15) is 4.68 Å². The van der Waals surface area contributed by atoms with Crippen molar-refractivity contribution in [3.05, 3.63) is 53.5 Å². The Labute approximate surface area is 194 Å². The molecule has 0 N–H and O–H groups in total. The van der Waals surface area contributed by atoms with Crippen molar-refractivity contribution in [1.82, 2.24) is 25.2 Å². The van der Waals surface area contributed by atoms with Crippen molar-refractivity contribution >= 4 is 23.1 Å². The third-order valence-corrected chi connectivity index (χ3v) is 6.18. The molecule has 0 atom stereocenters. The highest BCUT2D eigenvalue weighted by Gasteiger charge is 2.31. The Morgan fingerprint density at radius 3 is 2.48 bits per heavy atom. The number of alkyl halides is 3.